The number of β-amino-alcohol motifs (C(OH)–C–C–N with tert-alkyl or cyclic N) is 1. The molecule has 1 saturated heterocycles. The van der Waals surface area contributed by atoms with Gasteiger partial charge in [-0.15, -0.1) is 0 Å². The van der Waals surface area contributed by atoms with Gasteiger partial charge in [-0.3, -0.25) is 9.69 Å². The number of hydrogen-bond donors (Lipinski definition) is 2. The van der Waals surface area contributed by atoms with E-state index in [1.54, 1.807) is 19.3 Å². The monoisotopic (exact) mass is 477 g/mol. The molecule has 0 atom stereocenters. The van der Waals surface area contributed by atoms with Gasteiger partial charge < -0.3 is 29.2 Å². The summed E-state index contributed by atoms with van der Waals surface area (Å²) in [6, 6.07) is 8.95. The predicted octanol–water partition coefficient (Wildman–Crippen LogP) is 1.05. The van der Waals surface area contributed by atoms with Gasteiger partial charge in [-0.2, -0.15) is 0 Å². The van der Waals surface area contributed by atoms with Crippen molar-refractivity contribution in [3.63, 3.8) is 0 Å². The number of hydrogen-bond acceptors (Lipinski definition) is 6. The van der Waals surface area contributed by atoms with E-state index in [0.29, 0.717) is 30.0 Å². The second-order valence-corrected chi connectivity index (χ2v) is 9.10. The molecular weight excluding hydrogens is 446 g/mol. The Balaban J connectivity index is 1.44. The van der Waals surface area contributed by atoms with Gasteiger partial charge in [-0.1, -0.05) is 11.8 Å². The number of aliphatic hydroxyl groups is 1. The number of nitrogens with zero attached hydrogens (tertiary/aromatic N) is 2. The molecule has 1 fully saturated rings. The van der Waals surface area contributed by atoms with Crippen molar-refractivity contribution in [3.8, 4) is 17.2 Å². The van der Waals surface area contributed by atoms with Crippen molar-refractivity contribution in [2.75, 3.05) is 46.4 Å². The van der Waals surface area contributed by atoms with Crippen molar-refractivity contribution < 1.29 is 29.4 Å². The van der Waals surface area contributed by atoms with Crippen molar-refractivity contribution in [1.29, 1.82) is 0 Å². The zero-order valence-electron chi connectivity index (χ0n) is 20.2. The molecule has 1 aromatic heterocycles. The molecule has 0 unspecified atom stereocenters. The number of benzene rings is 2. The lowest BCUT2D eigenvalue weighted by atomic mass is 10.0. The van der Waals surface area contributed by atoms with Crippen LogP contribution in [0.4, 0.5) is 0 Å². The highest BCUT2D eigenvalue weighted by atomic mass is 16.5. The Kier molecular flexibility index (Phi) is 6.51. The average molecular weight is 478 g/mol. The zero-order valence-corrected chi connectivity index (χ0v) is 20.2. The first-order chi connectivity index (χ1) is 17.0. The van der Waals surface area contributed by atoms with Crippen LogP contribution in [0, 0.1) is 0 Å². The van der Waals surface area contributed by atoms with E-state index in [0.717, 1.165) is 54.9 Å². The molecule has 0 radical (unpaired) electrons. The Labute approximate surface area is 204 Å². The summed E-state index contributed by atoms with van der Waals surface area (Å²) < 4.78 is 13.6. The van der Waals surface area contributed by atoms with E-state index >= 15 is 0 Å². The summed E-state index contributed by atoms with van der Waals surface area (Å²) in [5, 5.41) is 22.9. The molecule has 2 aliphatic heterocycles. The Bertz CT molecular complexity index is 1290. The molecule has 2 aliphatic rings. The first-order valence-electron chi connectivity index (χ1n) is 12.1. The van der Waals surface area contributed by atoms with Crippen LogP contribution in [-0.2, 0) is 13.1 Å². The number of Topliss-reactive ketones (excluding diaryl/α,β-unsaturated/α-hetero) is 1. The van der Waals surface area contributed by atoms with Crippen LogP contribution in [0.5, 0.6) is 17.2 Å². The summed E-state index contributed by atoms with van der Waals surface area (Å²) >= 11 is 0. The first-order valence-corrected chi connectivity index (χ1v) is 12.1. The molecule has 0 saturated carbocycles. The number of fused-ring (bicyclic) bond motifs is 2. The van der Waals surface area contributed by atoms with Gasteiger partial charge in [0, 0.05) is 54.4 Å². The Morgan fingerprint density at radius 2 is 2.03 bits per heavy atom. The van der Waals surface area contributed by atoms with E-state index in [1.165, 1.54) is 11.0 Å². The number of rotatable bonds is 7. The van der Waals surface area contributed by atoms with Crippen LogP contribution in [0.1, 0.15) is 28.4 Å². The number of aryl methyl sites for hydroxylation is 1. The number of ether oxygens (including phenoxy) is 2. The molecule has 2 N–H and O–H groups in total. The molecule has 8 nitrogen and oxygen atoms in total. The van der Waals surface area contributed by atoms with E-state index in [1.807, 2.05) is 24.4 Å². The van der Waals surface area contributed by atoms with Crippen LogP contribution in [0.25, 0.3) is 17.0 Å². The molecule has 8 heteroatoms. The molecule has 3 aromatic rings. The summed E-state index contributed by atoms with van der Waals surface area (Å²) in [7, 11) is 1.63. The third kappa shape index (κ3) is 4.40. The molecule has 5 rings (SSSR count). The molecule has 184 valence electrons. The van der Waals surface area contributed by atoms with Gasteiger partial charge in [0.25, 0.3) is 0 Å². The zero-order chi connectivity index (χ0) is 24.5. The Hall–Kier alpha value is -3.33. The second-order valence-electron chi connectivity index (χ2n) is 9.10. The van der Waals surface area contributed by atoms with Crippen molar-refractivity contribution in [2.24, 2.45) is 0 Å². The summed E-state index contributed by atoms with van der Waals surface area (Å²) in [6.07, 6.45) is 3.78. The largest absolute Gasteiger partial charge is 0.872 e. The van der Waals surface area contributed by atoms with Crippen molar-refractivity contribution >= 4 is 22.8 Å². The number of nitrogens with one attached hydrogen (secondary N) is 1. The number of methoxy groups -OCH3 is 1. The topological polar surface area (TPSA) is 91.4 Å². The fourth-order valence-electron chi connectivity index (χ4n) is 5.07. The first kappa shape index (κ1) is 23.4. The SMILES string of the molecule is CCn1cc(C=C2Oc3c(ccc([O-])c3C[NH+]3CCN(CCO)CC3)C2=O)c2cc(OC)ccc21. The maximum Gasteiger partial charge on any atom is 0.231 e. The van der Waals surface area contributed by atoms with Crippen molar-refractivity contribution in [3.05, 3.63) is 59.0 Å². The van der Waals surface area contributed by atoms with E-state index in [4.69, 9.17) is 14.6 Å². The van der Waals surface area contributed by atoms with Crippen LogP contribution >= 0.6 is 0 Å². The lowest BCUT2D eigenvalue weighted by molar-refractivity contribution is -0.918. The van der Waals surface area contributed by atoms with Gasteiger partial charge in [0.05, 0.1) is 32.4 Å². The smallest absolute Gasteiger partial charge is 0.231 e. The predicted molar refractivity (Wildman–Crippen MR) is 131 cm³/mol. The van der Waals surface area contributed by atoms with Crippen molar-refractivity contribution in [1.82, 2.24) is 9.47 Å². The van der Waals surface area contributed by atoms with Crippen LogP contribution in [0.2, 0.25) is 0 Å². The minimum Gasteiger partial charge on any atom is -0.872 e. The number of aliphatic hydroxyl groups excluding tert-OH is 1. The molecule has 0 spiro atoms. The number of carbonyl (C=O) groups excluding carboxylic acids is 1. The Morgan fingerprint density at radius 1 is 1.23 bits per heavy atom. The average Bonchev–Trinajstić information content (AvgIpc) is 3.39. The highest BCUT2D eigenvalue weighted by Gasteiger charge is 2.32. The molecule has 3 heterocycles. The lowest BCUT2D eigenvalue weighted by Gasteiger charge is -2.32. The van der Waals surface area contributed by atoms with Gasteiger partial charge in [-0.05, 0) is 37.3 Å². The quantitative estimate of drug-likeness (QED) is 0.495. The van der Waals surface area contributed by atoms with E-state index < -0.39 is 0 Å². The summed E-state index contributed by atoms with van der Waals surface area (Å²) in [5.41, 5.74) is 2.92. The molecule has 0 bridgehead atoms. The van der Waals surface area contributed by atoms with Crippen LogP contribution in [0.15, 0.2) is 42.3 Å². The highest BCUT2D eigenvalue weighted by Crippen LogP contribution is 2.39. The normalized spacial score (nSPS) is 17.8. The van der Waals surface area contributed by atoms with Crippen molar-refractivity contribution in [2.45, 2.75) is 20.0 Å². The molecule has 0 amide bonds. The van der Waals surface area contributed by atoms with Gasteiger partial charge >= 0.3 is 0 Å². The maximum absolute atomic E-state index is 13.2. The second kappa shape index (κ2) is 9.73. The molecule has 35 heavy (non-hydrogen) atoms. The fourth-order valence-corrected chi connectivity index (χ4v) is 5.07. The van der Waals surface area contributed by atoms with E-state index in [9.17, 15) is 9.90 Å². The summed E-state index contributed by atoms with van der Waals surface area (Å²) in [5.74, 6) is 1.07. The van der Waals surface area contributed by atoms with Gasteiger partial charge in [0.15, 0.2) is 5.76 Å². The van der Waals surface area contributed by atoms with Gasteiger partial charge in [-0.25, -0.2) is 0 Å². The standard InChI is InChI=1S/C27H31N3O5/c1-3-30-16-18(21-15-19(34-2)4-6-23(21)30)14-25-26(33)20-5-7-24(32)22(27(20)35-25)17-29-10-8-28(9-11-29)12-13-31/h4-7,14-16,31-32H,3,8-13,17H2,1-2H3. The number of ketones is 1. The van der Waals surface area contributed by atoms with Gasteiger partial charge in [0.1, 0.15) is 18.0 Å². The van der Waals surface area contributed by atoms with Gasteiger partial charge in [0.2, 0.25) is 5.78 Å². The van der Waals surface area contributed by atoms with E-state index in [-0.39, 0.29) is 23.9 Å². The number of piperazine rings is 1. The fraction of sp³-hybridized carbons (Fsp3) is 0.370. The van der Waals surface area contributed by atoms with E-state index in [2.05, 4.69) is 16.4 Å². The summed E-state index contributed by atoms with van der Waals surface area (Å²) in [6.45, 7) is 7.69. The number of quaternary nitrogens is 1. The number of aromatic nitrogens is 1. The minimum absolute atomic E-state index is 0.101. The van der Waals surface area contributed by atoms with Crippen LogP contribution in [-0.4, -0.2) is 66.8 Å². The highest BCUT2D eigenvalue weighted by molar-refractivity contribution is 6.15. The number of allylic oxidation sites excluding steroid dienone is 1. The molecular formula is C27H31N3O5. The third-order valence-electron chi connectivity index (χ3n) is 7.05. The minimum atomic E-state index is -0.204. The third-order valence-corrected chi connectivity index (χ3v) is 7.05. The maximum atomic E-state index is 13.2. The van der Waals surface area contributed by atoms with Crippen LogP contribution in [0.3, 0.4) is 0 Å². The Morgan fingerprint density at radius 3 is 2.74 bits per heavy atom. The lowest BCUT2D eigenvalue weighted by Crippen LogP contribution is -3.13. The summed E-state index contributed by atoms with van der Waals surface area (Å²) in [4.78, 5) is 16.7. The molecule has 2 aromatic carbocycles. The van der Waals surface area contributed by atoms with Crippen LogP contribution < -0.4 is 19.5 Å². The molecule has 0 aliphatic carbocycles. The number of carbonyl (C=O) groups is 1.